The molecule has 2 aromatic carbocycles. The van der Waals surface area contributed by atoms with Gasteiger partial charge in [0.15, 0.2) is 6.29 Å². The number of nitrogens with zero attached hydrogens (tertiary/aromatic N) is 3. The third-order valence-electron chi connectivity index (χ3n) is 3.23. The average molecular weight is 293 g/mol. The molecule has 0 atom stereocenters. The highest BCUT2D eigenvalue weighted by Gasteiger charge is 2.12. The Morgan fingerprint density at radius 2 is 1.73 bits per heavy atom. The fraction of sp³-hybridized carbons (Fsp3) is 0. The van der Waals surface area contributed by atoms with Gasteiger partial charge >= 0.3 is 0 Å². The summed E-state index contributed by atoms with van der Waals surface area (Å²) in [5.41, 5.74) is 2.50. The summed E-state index contributed by atoms with van der Waals surface area (Å²) in [6.45, 7) is 0. The van der Waals surface area contributed by atoms with Gasteiger partial charge in [0.1, 0.15) is 5.69 Å². The van der Waals surface area contributed by atoms with E-state index in [1.54, 1.807) is 22.9 Å². The number of non-ortho nitro benzene ring substituents is 1. The molecule has 0 aliphatic rings. The first-order chi connectivity index (χ1) is 10.7. The molecule has 0 saturated heterocycles. The Morgan fingerprint density at radius 1 is 1.05 bits per heavy atom. The number of benzene rings is 2. The Morgan fingerprint density at radius 3 is 2.32 bits per heavy atom. The van der Waals surface area contributed by atoms with Gasteiger partial charge in [-0.3, -0.25) is 14.9 Å². The van der Waals surface area contributed by atoms with Gasteiger partial charge in [0.25, 0.3) is 5.69 Å². The third kappa shape index (κ3) is 2.49. The van der Waals surface area contributed by atoms with Crippen molar-refractivity contribution in [2.24, 2.45) is 0 Å². The number of carbonyl (C=O) groups excluding carboxylic acids is 1. The molecule has 1 aromatic heterocycles. The third-order valence-corrected chi connectivity index (χ3v) is 3.23. The molecule has 0 radical (unpaired) electrons. The highest BCUT2D eigenvalue weighted by Crippen LogP contribution is 2.23. The lowest BCUT2D eigenvalue weighted by Gasteiger charge is -2.02. The quantitative estimate of drug-likeness (QED) is 0.420. The van der Waals surface area contributed by atoms with Crippen LogP contribution in [0.5, 0.6) is 0 Å². The van der Waals surface area contributed by atoms with Crippen LogP contribution in [-0.4, -0.2) is 21.0 Å². The standard InChI is InChI=1S/C16H11N3O3/c20-11-15-10-16(12-6-8-14(9-7-12)19(21)22)17-18(15)13-4-2-1-3-5-13/h1-11H. The van der Waals surface area contributed by atoms with Gasteiger partial charge in [-0.25, -0.2) is 4.68 Å². The molecular weight excluding hydrogens is 282 g/mol. The van der Waals surface area contributed by atoms with Gasteiger partial charge in [0.05, 0.1) is 16.3 Å². The maximum atomic E-state index is 11.2. The van der Waals surface area contributed by atoms with Gasteiger partial charge in [-0.05, 0) is 30.3 Å². The molecule has 0 amide bonds. The zero-order chi connectivity index (χ0) is 15.5. The van der Waals surface area contributed by atoms with Crippen molar-refractivity contribution in [1.82, 2.24) is 9.78 Å². The van der Waals surface area contributed by atoms with Crippen LogP contribution in [0.15, 0.2) is 60.7 Å². The second-order valence-electron chi connectivity index (χ2n) is 4.62. The van der Waals surface area contributed by atoms with Crippen LogP contribution >= 0.6 is 0 Å². The largest absolute Gasteiger partial charge is 0.296 e. The van der Waals surface area contributed by atoms with E-state index >= 15 is 0 Å². The second kappa shape index (κ2) is 5.61. The van der Waals surface area contributed by atoms with Crippen LogP contribution in [0.2, 0.25) is 0 Å². The Hall–Kier alpha value is -3.28. The van der Waals surface area contributed by atoms with Crippen molar-refractivity contribution in [3.63, 3.8) is 0 Å². The Balaban J connectivity index is 2.04. The van der Waals surface area contributed by atoms with Gasteiger partial charge in [-0.1, -0.05) is 18.2 Å². The molecule has 0 aliphatic carbocycles. The van der Waals surface area contributed by atoms with E-state index in [0.29, 0.717) is 17.0 Å². The normalized spacial score (nSPS) is 10.4. The number of rotatable bonds is 4. The van der Waals surface area contributed by atoms with E-state index < -0.39 is 4.92 Å². The van der Waals surface area contributed by atoms with Crippen LogP contribution in [0.1, 0.15) is 10.5 Å². The zero-order valence-corrected chi connectivity index (χ0v) is 11.4. The summed E-state index contributed by atoms with van der Waals surface area (Å²) in [4.78, 5) is 21.5. The summed E-state index contributed by atoms with van der Waals surface area (Å²) in [5, 5.41) is 15.1. The lowest BCUT2D eigenvalue weighted by Crippen LogP contribution is -2.00. The molecule has 0 unspecified atom stereocenters. The van der Waals surface area contributed by atoms with Crippen molar-refractivity contribution in [3.05, 3.63) is 76.5 Å². The summed E-state index contributed by atoms with van der Waals surface area (Å²) < 4.78 is 1.55. The Labute approximate surface area is 125 Å². The van der Waals surface area contributed by atoms with Crippen molar-refractivity contribution in [3.8, 4) is 16.9 Å². The smallest absolute Gasteiger partial charge is 0.269 e. The molecule has 0 bridgehead atoms. The van der Waals surface area contributed by atoms with Gasteiger partial charge in [0.2, 0.25) is 0 Å². The monoisotopic (exact) mass is 293 g/mol. The number of nitro groups is 1. The summed E-state index contributed by atoms with van der Waals surface area (Å²) in [5.74, 6) is 0. The van der Waals surface area contributed by atoms with E-state index in [4.69, 9.17) is 0 Å². The number of aromatic nitrogens is 2. The molecule has 3 rings (SSSR count). The van der Waals surface area contributed by atoms with Crippen molar-refractivity contribution in [2.45, 2.75) is 0 Å². The highest BCUT2D eigenvalue weighted by atomic mass is 16.6. The molecule has 1 heterocycles. The summed E-state index contributed by atoms with van der Waals surface area (Å²) in [6, 6.07) is 17.0. The number of aldehydes is 1. The van der Waals surface area contributed by atoms with Crippen LogP contribution in [0, 0.1) is 10.1 Å². The molecule has 0 fully saturated rings. The molecule has 0 N–H and O–H groups in total. The fourth-order valence-electron chi connectivity index (χ4n) is 2.15. The van der Waals surface area contributed by atoms with Crippen LogP contribution in [0.25, 0.3) is 16.9 Å². The maximum Gasteiger partial charge on any atom is 0.269 e. The van der Waals surface area contributed by atoms with Gasteiger partial charge < -0.3 is 0 Å². The zero-order valence-electron chi connectivity index (χ0n) is 11.4. The number of para-hydroxylation sites is 1. The predicted molar refractivity (Wildman–Crippen MR) is 81.0 cm³/mol. The first-order valence-corrected chi connectivity index (χ1v) is 6.54. The van der Waals surface area contributed by atoms with E-state index in [1.165, 1.54) is 12.1 Å². The van der Waals surface area contributed by atoms with E-state index in [2.05, 4.69) is 5.10 Å². The van der Waals surface area contributed by atoms with Crippen molar-refractivity contribution < 1.29 is 9.72 Å². The van der Waals surface area contributed by atoms with E-state index in [0.717, 1.165) is 12.0 Å². The molecule has 0 saturated carbocycles. The first kappa shape index (κ1) is 13.7. The molecule has 6 nitrogen and oxygen atoms in total. The number of hydrogen-bond donors (Lipinski definition) is 0. The lowest BCUT2D eigenvalue weighted by atomic mass is 10.1. The average Bonchev–Trinajstić information content (AvgIpc) is 3.00. The molecule has 6 heteroatoms. The van der Waals surface area contributed by atoms with E-state index in [-0.39, 0.29) is 5.69 Å². The number of hydrogen-bond acceptors (Lipinski definition) is 4. The molecular formula is C16H11N3O3. The minimum absolute atomic E-state index is 0.0156. The number of carbonyl (C=O) groups is 1. The molecule has 0 aliphatic heterocycles. The molecule has 0 spiro atoms. The minimum atomic E-state index is -0.455. The molecule has 22 heavy (non-hydrogen) atoms. The van der Waals surface area contributed by atoms with Crippen LogP contribution in [0.3, 0.4) is 0 Å². The minimum Gasteiger partial charge on any atom is -0.296 e. The maximum absolute atomic E-state index is 11.2. The van der Waals surface area contributed by atoms with Crippen molar-refractivity contribution in [1.29, 1.82) is 0 Å². The van der Waals surface area contributed by atoms with Crippen molar-refractivity contribution >= 4 is 12.0 Å². The van der Waals surface area contributed by atoms with E-state index in [9.17, 15) is 14.9 Å². The Kier molecular flexibility index (Phi) is 3.49. The highest BCUT2D eigenvalue weighted by molar-refractivity contribution is 5.77. The van der Waals surface area contributed by atoms with Gasteiger partial charge in [0, 0.05) is 17.7 Å². The van der Waals surface area contributed by atoms with E-state index in [1.807, 2.05) is 30.3 Å². The summed E-state index contributed by atoms with van der Waals surface area (Å²) in [6.07, 6.45) is 0.731. The SMILES string of the molecule is O=Cc1cc(-c2ccc([N+](=O)[O-])cc2)nn1-c1ccccc1. The molecule has 108 valence electrons. The summed E-state index contributed by atoms with van der Waals surface area (Å²) >= 11 is 0. The van der Waals surface area contributed by atoms with Crippen LogP contribution in [0.4, 0.5) is 5.69 Å². The van der Waals surface area contributed by atoms with Gasteiger partial charge in [-0.15, -0.1) is 0 Å². The molecule has 3 aromatic rings. The fourth-order valence-corrected chi connectivity index (χ4v) is 2.15. The number of nitro benzene ring substituents is 1. The Bertz CT molecular complexity index is 824. The topological polar surface area (TPSA) is 78.0 Å². The first-order valence-electron chi connectivity index (χ1n) is 6.54. The lowest BCUT2D eigenvalue weighted by molar-refractivity contribution is -0.384. The van der Waals surface area contributed by atoms with Gasteiger partial charge in [-0.2, -0.15) is 5.10 Å². The van der Waals surface area contributed by atoms with Crippen LogP contribution < -0.4 is 0 Å². The van der Waals surface area contributed by atoms with Crippen LogP contribution in [-0.2, 0) is 0 Å². The van der Waals surface area contributed by atoms with Crippen molar-refractivity contribution in [2.75, 3.05) is 0 Å². The predicted octanol–water partition coefficient (Wildman–Crippen LogP) is 3.26. The second-order valence-corrected chi connectivity index (χ2v) is 4.62. The summed E-state index contributed by atoms with van der Waals surface area (Å²) in [7, 11) is 0.